The fraction of sp³-hybridized carbons (Fsp3) is 0.400. The third-order valence-electron chi connectivity index (χ3n) is 2.85. The van der Waals surface area contributed by atoms with Crippen LogP contribution in [0.5, 0.6) is 0 Å². The van der Waals surface area contributed by atoms with Gasteiger partial charge < -0.3 is 5.32 Å². The number of halogens is 1. The van der Waals surface area contributed by atoms with Gasteiger partial charge in [-0.05, 0) is 30.0 Å². The van der Waals surface area contributed by atoms with Crippen molar-refractivity contribution < 1.29 is 4.79 Å². The number of rotatable bonds is 6. The second-order valence-corrected chi connectivity index (χ2v) is 6.77. The van der Waals surface area contributed by atoms with Crippen LogP contribution in [0.4, 0.5) is 5.13 Å². The number of anilines is 1. The molecule has 0 fully saturated rings. The third-order valence-corrected chi connectivity index (χ3v) is 3.96. The fourth-order valence-electron chi connectivity index (χ4n) is 1.83. The second-order valence-electron chi connectivity index (χ2n) is 5.27. The van der Waals surface area contributed by atoms with Crippen molar-refractivity contribution in [1.82, 2.24) is 10.2 Å². The minimum Gasteiger partial charge on any atom is -0.301 e. The smallest absolute Gasteiger partial charge is 0.226 e. The van der Waals surface area contributed by atoms with E-state index in [0.717, 1.165) is 17.0 Å². The molecule has 112 valence electrons. The average Bonchev–Trinajstić information content (AvgIpc) is 2.84. The van der Waals surface area contributed by atoms with E-state index in [2.05, 4.69) is 29.4 Å². The summed E-state index contributed by atoms with van der Waals surface area (Å²) in [6.45, 7) is 4.26. The number of aryl methyl sites for hydroxylation is 1. The summed E-state index contributed by atoms with van der Waals surface area (Å²) in [5.74, 6) is 0.489. The number of carbonyl (C=O) groups is 1. The molecule has 1 aromatic carbocycles. The quantitative estimate of drug-likeness (QED) is 0.875. The molecule has 4 nitrogen and oxygen atoms in total. The van der Waals surface area contributed by atoms with Gasteiger partial charge in [-0.25, -0.2) is 0 Å². The van der Waals surface area contributed by atoms with Gasteiger partial charge >= 0.3 is 0 Å². The highest BCUT2D eigenvalue weighted by atomic mass is 35.5. The maximum atomic E-state index is 11.9. The molecular formula is C15H18ClN3OS. The highest BCUT2D eigenvalue weighted by Crippen LogP contribution is 2.18. The standard InChI is InChI=1S/C15H18ClN3OS/c1-10(2)9-14-18-19-15(21-14)17-13(20)8-5-11-3-6-12(16)7-4-11/h3-4,6-7,10H,5,8-9H2,1-2H3,(H,17,19,20). The lowest BCUT2D eigenvalue weighted by molar-refractivity contribution is -0.116. The van der Waals surface area contributed by atoms with E-state index >= 15 is 0 Å². The average molecular weight is 324 g/mol. The Bertz CT molecular complexity index is 595. The number of nitrogens with zero attached hydrogens (tertiary/aromatic N) is 2. The van der Waals surface area contributed by atoms with E-state index in [1.165, 1.54) is 11.3 Å². The summed E-state index contributed by atoms with van der Waals surface area (Å²) in [6, 6.07) is 7.53. The molecule has 2 aromatic rings. The van der Waals surface area contributed by atoms with Crippen LogP contribution in [0, 0.1) is 5.92 Å². The number of nitrogens with one attached hydrogen (secondary N) is 1. The molecule has 1 aromatic heterocycles. The number of hydrogen-bond acceptors (Lipinski definition) is 4. The minimum absolute atomic E-state index is 0.0443. The maximum Gasteiger partial charge on any atom is 0.226 e. The van der Waals surface area contributed by atoms with Crippen molar-refractivity contribution in [3.63, 3.8) is 0 Å². The summed E-state index contributed by atoms with van der Waals surface area (Å²) in [5.41, 5.74) is 1.09. The van der Waals surface area contributed by atoms with Gasteiger partial charge in [-0.1, -0.05) is 48.9 Å². The zero-order valence-corrected chi connectivity index (χ0v) is 13.7. The van der Waals surface area contributed by atoms with Gasteiger partial charge in [0, 0.05) is 17.9 Å². The van der Waals surface area contributed by atoms with Crippen LogP contribution in [0.15, 0.2) is 24.3 Å². The Morgan fingerprint density at radius 2 is 2.00 bits per heavy atom. The molecule has 1 amide bonds. The topological polar surface area (TPSA) is 54.9 Å². The predicted molar refractivity (Wildman–Crippen MR) is 86.9 cm³/mol. The summed E-state index contributed by atoms with van der Waals surface area (Å²) >= 11 is 7.27. The first-order chi connectivity index (χ1) is 10.0. The number of amides is 1. The monoisotopic (exact) mass is 323 g/mol. The molecule has 0 saturated carbocycles. The maximum absolute atomic E-state index is 11.9. The molecule has 0 spiro atoms. The molecule has 6 heteroatoms. The van der Waals surface area contributed by atoms with Crippen molar-refractivity contribution >= 4 is 34.0 Å². The van der Waals surface area contributed by atoms with Crippen molar-refractivity contribution in [2.24, 2.45) is 5.92 Å². The Balaban J connectivity index is 1.81. The third kappa shape index (κ3) is 5.44. The highest BCUT2D eigenvalue weighted by molar-refractivity contribution is 7.15. The molecule has 0 radical (unpaired) electrons. The largest absolute Gasteiger partial charge is 0.301 e. The first-order valence-electron chi connectivity index (χ1n) is 6.89. The van der Waals surface area contributed by atoms with Crippen LogP contribution in [0.1, 0.15) is 30.8 Å². The summed E-state index contributed by atoms with van der Waals surface area (Å²) in [5, 5.41) is 13.1. The Kier molecular flexibility index (Phi) is 5.70. The van der Waals surface area contributed by atoms with E-state index in [4.69, 9.17) is 11.6 Å². The van der Waals surface area contributed by atoms with Crippen molar-refractivity contribution in [3.05, 3.63) is 39.9 Å². The molecular weight excluding hydrogens is 306 g/mol. The lowest BCUT2D eigenvalue weighted by Gasteiger charge is -2.02. The summed E-state index contributed by atoms with van der Waals surface area (Å²) in [4.78, 5) is 11.9. The van der Waals surface area contributed by atoms with Crippen LogP contribution in [-0.2, 0) is 17.6 Å². The zero-order chi connectivity index (χ0) is 15.2. The van der Waals surface area contributed by atoms with E-state index in [-0.39, 0.29) is 5.91 Å². The Morgan fingerprint density at radius 3 is 2.67 bits per heavy atom. The van der Waals surface area contributed by atoms with E-state index in [9.17, 15) is 4.79 Å². The Morgan fingerprint density at radius 1 is 1.29 bits per heavy atom. The summed E-state index contributed by atoms with van der Waals surface area (Å²) in [7, 11) is 0. The normalized spacial score (nSPS) is 10.9. The van der Waals surface area contributed by atoms with Gasteiger partial charge in [-0.2, -0.15) is 0 Å². The van der Waals surface area contributed by atoms with Gasteiger partial charge in [0.15, 0.2) is 0 Å². The van der Waals surface area contributed by atoms with Crippen molar-refractivity contribution in [2.45, 2.75) is 33.1 Å². The van der Waals surface area contributed by atoms with E-state index in [0.29, 0.717) is 28.9 Å². The van der Waals surface area contributed by atoms with Crippen LogP contribution in [0.25, 0.3) is 0 Å². The summed E-state index contributed by atoms with van der Waals surface area (Å²) < 4.78 is 0. The lowest BCUT2D eigenvalue weighted by atomic mass is 10.1. The van der Waals surface area contributed by atoms with Gasteiger partial charge in [0.1, 0.15) is 5.01 Å². The van der Waals surface area contributed by atoms with Gasteiger partial charge in [0.25, 0.3) is 0 Å². The first-order valence-corrected chi connectivity index (χ1v) is 8.09. The zero-order valence-electron chi connectivity index (χ0n) is 12.1. The number of hydrogen-bond donors (Lipinski definition) is 1. The molecule has 0 aliphatic rings. The Labute approximate surface area is 133 Å². The van der Waals surface area contributed by atoms with Crippen LogP contribution in [-0.4, -0.2) is 16.1 Å². The molecule has 1 heterocycles. The van der Waals surface area contributed by atoms with Gasteiger partial charge in [-0.15, -0.1) is 10.2 Å². The molecule has 2 rings (SSSR count). The molecule has 0 aliphatic heterocycles. The molecule has 0 bridgehead atoms. The lowest BCUT2D eigenvalue weighted by Crippen LogP contribution is -2.12. The molecule has 1 N–H and O–H groups in total. The first kappa shape index (κ1) is 15.9. The van der Waals surface area contributed by atoms with Crippen molar-refractivity contribution in [2.75, 3.05) is 5.32 Å². The number of benzene rings is 1. The summed E-state index contributed by atoms with van der Waals surface area (Å²) in [6.07, 6.45) is 1.99. The Hall–Kier alpha value is -1.46. The minimum atomic E-state index is -0.0443. The van der Waals surface area contributed by atoms with E-state index in [1.54, 1.807) is 0 Å². The van der Waals surface area contributed by atoms with Crippen LogP contribution < -0.4 is 5.32 Å². The van der Waals surface area contributed by atoms with E-state index < -0.39 is 0 Å². The molecule has 0 atom stereocenters. The van der Waals surface area contributed by atoms with Gasteiger partial charge in [0.2, 0.25) is 11.0 Å². The number of carbonyl (C=O) groups excluding carboxylic acids is 1. The number of aromatic nitrogens is 2. The van der Waals surface area contributed by atoms with Crippen LogP contribution >= 0.6 is 22.9 Å². The molecule has 0 saturated heterocycles. The van der Waals surface area contributed by atoms with Crippen molar-refractivity contribution in [3.8, 4) is 0 Å². The predicted octanol–water partition coefficient (Wildman–Crippen LogP) is 3.96. The second kappa shape index (κ2) is 7.52. The van der Waals surface area contributed by atoms with Crippen LogP contribution in [0.2, 0.25) is 5.02 Å². The molecule has 0 aliphatic carbocycles. The van der Waals surface area contributed by atoms with Gasteiger partial charge in [-0.3, -0.25) is 4.79 Å². The van der Waals surface area contributed by atoms with E-state index in [1.807, 2.05) is 24.3 Å². The van der Waals surface area contributed by atoms with Crippen molar-refractivity contribution in [1.29, 1.82) is 0 Å². The molecule has 0 unspecified atom stereocenters. The molecule has 21 heavy (non-hydrogen) atoms. The highest BCUT2D eigenvalue weighted by Gasteiger charge is 2.09. The van der Waals surface area contributed by atoms with Gasteiger partial charge in [0.05, 0.1) is 0 Å². The van der Waals surface area contributed by atoms with Crippen LogP contribution in [0.3, 0.4) is 0 Å². The SMILES string of the molecule is CC(C)Cc1nnc(NC(=O)CCc2ccc(Cl)cc2)s1. The fourth-order valence-corrected chi connectivity index (χ4v) is 2.92.